The number of benzene rings is 1. The monoisotopic (exact) mass is 291 g/mol. The number of hydrogen-bond acceptors (Lipinski definition) is 3. The van der Waals surface area contributed by atoms with Crippen LogP contribution in [0.4, 0.5) is 4.39 Å². The molecule has 1 unspecified atom stereocenters. The molecule has 1 aliphatic heterocycles. The van der Waals surface area contributed by atoms with Gasteiger partial charge in [-0.05, 0) is 37.1 Å². The van der Waals surface area contributed by atoms with Crippen LogP contribution in [0.15, 0.2) is 18.2 Å². The van der Waals surface area contributed by atoms with Gasteiger partial charge in [0.1, 0.15) is 5.82 Å². The Bertz CT molecular complexity index is 533. The first kappa shape index (κ1) is 13.8. The maximum absolute atomic E-state index is 13.4. The quantitative estimate of drug-likeness (QED) is 0.923. The molecular formula is C12H15ClFNO2S. The van der Waals surface area contributed by atoms with E-state index in [2.05, 4.69) is 5.32 Å². The molecule has 18 heavy (non-hydrogen) atoms. The van der Waals surface area contributed by atoms with Crippen molar-refractivity contribution in [2.24, 2.45) is 5.92 Å². The van der Waals surface area contributed by atoms with E-state index in [1.54, 1.807) is 6.07 Å². The van der Waals surface area contributed by atoms with Crippen LogP contribution in [0, 0.1) is 11.7 Å². The third kappa shape index (κ3) is 3.67. The Balaban J connectivity index is 1.84. The lowest BCUT2D eigenvalue weighted by Gasteiger charge is -2.10. The van der Waals surface area contributed by atoms with Crippen molar-refractivity contribution in [2.75, 3.05) is 18.1 Å². The van der Waals surface area contributed by atoms with Crippen molar-refractivity contribution in [3.63, 3.8) is 0 Å². The minimum atomic E-state index is -2.84. The van der Waals surface area contributed by atoms with E-state index < -0.39 is 9.84 Å². The summed E-state index contributed by atoms with van der Waals surface area (Å²) in [5.74, 6) is 0.339. The van der Waals surface area contributed by atoms with Crippen molar-refractivity contribution in [1.29, 1.82) is 0 Å². The second-order valence-corrected chi connectivity index (χ2v) is 7.30. The number of rotatable bonds is 4. The van der Waals surface area contributed by atoms with Crippen molar-refractivity contribution in [1.82, 2.24) is 5.32 Å². The van der Waals surface area contributed by atoms with Gasteiger partial charge in [0.25, 0.3) is 0 Å². The molecule has 0 spiro atoms. The molecule has 1 aromatic rings. The summed E-state index contributed by atoms with van der Waals surface area (Å²) in [5.41, 5.74) is 0.503. The van der Waals surface area contributed by atoms with Crippen LogP contribution in [0.1, 0.15) is 12.0 Å². The fourth-order valence-corrected chi connectivity index (χ4v) is 4.18. The van der Waals surface area contributed by atoms with Crippen LogP contribution in [-0.4, -0.2) is 26.5 Å². The summed E-state index contributed by atoms with van der Waals surface area (Å²) in [5, 5.41) is 3.58. The topological polar surface area (TPSA) is 46.2 Å². The Hall–Kier alpha value is -0.650. The largest absolute Gasteiger partial charge is 0.312 e. The molecule has 3 nitrogen and oxygen atoms in total. The average Bonchev–Trinajstić information content (AvgIpc) is 2.63. The summed E-state index contributed by atoms with van der Waals surface area (Å²) in [6, 6.07) is 4.42. The smallest absolute Gasteiger partial charge is 0.150 e. The molecule has 0 amide bonds. The Morgan fingerprint density at radius 2 is 2.22 bits per heavy atom. The Morgan fingerprint density at radius 3 is 2.89 bits per heavy atom. The van der Waals surface area contributed by atoms with Gasteiger partial charge in [0.05, 0.1) is 11.5 Å². The fourth-order valence-electron chi connectivity index (χ4n) is 2.12. The van der Waals surface area contributed by atoms with Crippen molar-refractivity contribution >= 4 is 21.4 Å². The lowest BCUT2D eigenvalue weighted by atomic mass is 10.1. The van der Waals surface area contributed by atoms with Gasteiger partial charge in [-0.15, -0.1) is 0 Å². The van der Waals surface area contributed by atoms with Crippen LogP contribution in [0.25, 0.3) is 0 Å². The van der Waals surface area contributed by atoms with Gasteiger partial charge in [-0.3, -0.25) is 0 Å². The van der Waals surface area contributed by atoms with Crippen LogP contribution in [0.5, 0.6) is 0 Å². The third-order valence-electron chi connectivity index (χ3n) is 3.08. The van der Waals surface area contributed by atoms with Gasteiger partial charge >= 0.3 is 0 Å². The van der Waals surface area contributed by atoms with Gasteiger partial charge in [0.15, 0.2) is 9.84 Å². The molecule has 1 heterocycles. The highest BCUT2D eigenvalue weighted by Crippen LogP contribution is 2.18. The van der Waals surface area contributed by atoms with Gasteiger partial charge < -0.3 is 5.32 Å². The predicted octanol–water partition coefficient (Wildman–Crippen LogP) is 2.00. The minimum absolute atomic E-state index is 0.136. The standard InChI is InChI=1S/C12H15ClFNO2S/c13-11-1-2-12(14)10(5-11)7-15-6-9-3-4-18(16,17)8-9/h1-2,5,9,15H,3-4,6-8H2. The van der Waals surface area contributed by atoms with E-state index in [4.69, 9.17) is 11.6 Å². The van der Waals surface area contributed by atoms with E-state index in [0.29, 0.717) is 30.1 Å². The highest BCUT2D eigenvalue weighted by Gasteiger charge is 2.27. The number of halogens is 2. The summed E-state index contributed by atoms with van der Waals surface area (Å²) < 4.78 is 35.9. The molecular weight excluding hydrogens is 277 g/mol. The van der Waals surface area contributed by atoms with Gasteiger partial charge in [0, 0.05) is 17.1 Å². The Kier molecular flexibility index (Phi) is 4.25. The first-order chi connectivity index (χ1) is 8.46. The molecule has 2 rings (SSSR count). The first-order valence-electron chi connectivity index (χ1n) is 5.81. The second kappa shape index (κ2) is 5.55. The molecule has 0 saturated carbocycles. The van der Waals surface area contributed by atoms with E-state index in [0.717, 1.165) is 0 Å². The molecule has 1 N–H and O–H groups in total. The predicted molar refractivity (Wildman–Crippen MR) is 69.9 cm³/mol. The molecule has 1 atom stereocenters. The normalized spacial score (nSPS) is 22.2. The molecule has 0 aromatic heterocycles. The van der Waals surface area contributed by atoms with Crippen molar-refractivity contribution in [3.8, 4) is 0 Å². The maximum Gasteiger partial charge on any atom is 0.150 e. The molecule has 1 fully saturated rings. The number of hydrogen-bond donors (Lipinski definition) is 1. The van der Waals surface area contributed by atoms with Crippen LogP contribution >= 0.6 is 11.6 Å². The lowest BCUT2D eigenvalue weighted by Crippen LogP contribution is -2.23. The fraction of sp³-hybridized carbons (Fsp3) is 0.500. The second-order valence-electron chi connectivity index (χ2n) is 4.64. The number of sulfone groups is 1. The Labute approximate surface area is 111 Å². The van der Waals surface area contributed by atoms with E-state index >= 15 is 0 Å². The molecule has 0 bridgehead atoms. The lowest BCUT2D eigenvalue weighted by molar-refractivity contribution is 0.510. The van der Waals surface area contributed by atoms with Crippen molar-refractivity contribution < 1.29 is 12.8 Å². The average molecular weight is 292 g/mol. The first-order valence-corrected chi connectivity index (χ1v) is 8.01. The number of nitrogens with one attached hydrogen (secondary N) is 1. The van der Waals surface area contributed by atoms with Crippen molar-refractivity contribution in [2.45, 2.75) is 13.0 Å². The van der Waals surface area contributed by atoms with E-state index in [9.17, 15) is 12.8 Å². The van der Waals surface area contributed by atoms with Gasteiger partial charge in [-0.2, -0.15) is 0 Å². The zero-order chi connectivity index (χ0) is 13.2. The summed E-state index contributed by atoms with van der Waals surface area (Å²) in [4.78, 5) is 0. The molecule has 1 saturated heterocycles. The molecule has 100 valence electrons. The molecule has 1 aromatic carbocycles. The van der Waals surface area contributed by atoms with E-state index in [-0.39, 0.29) is 23.2 Å². The van der Waals surface area contributed by atoms with Crippen molar-refractivity contribution in [3.05, 3.63) is 34.6 Å². The minimum Gasteiger partial charge on any atom is -0.312 e. The van der Waals surface area contributed by atoms with Crippen LogP contribution in [-0.2, 0) is 16.4 Å². The molecule has 0 aliphatic carbocycles. The SMILES string of the molecule is O=S1(=O)CCC(CNCc2cc(Cl)ccc2F)C1. The highest BCUT2D eigenvalue weighted by atomic mass is 35.5. The zero-order valence-electron chi connectivity index (χ0n) is 9.83. The van der Waals surface area contributed by atoms with Crippen LogP contribution in [0.2, 0.25) is 5.02 Å². The van der Waals surface area contributed by atoms with Gasteiger partial charge in [-0.25, -0.2) is 12.8 Å². The van der Waals surface area contributed by atoms with Gasteiger partial charge in [-0.1, -0.05) is 11.6 Å². The summed E-state index contributed by atoms with van der Waals surface area (Å²) in [7, 11) is -2.84. The summed E-state index contributed by atoms with van der Waals surface area (Å²) >= 11 is 5.79. The van der Waals surface area contributed by atoms with E-state index in [1.807, 2.05) is 0 Å². The maximum atomic E-state index is 13.4. The van der Waals surface area contributed by atoms with Crippen LogP contribution < -0.4 is 5.32 Å². The molecule has 1 aliphatic rings. The Morgan fingerprint density at radius 1 is 1.44 bits per heavy atom. The molecule has 0 radical (unpaired) electrons. The molecule has 6 heteroatoms. The van der Waals surface area contributed by atoms with Crippen LogP contribution in [0.3, 0.4) is 0 Å². The van der Waals surface area contributed by atoms with E-state index in [1.165, 1.54) is 12.1 Å². The summed E-state index contributed by atoms with van der Waals surface area (Å²) in [6.07, 6.45) is 0.688. The van der Waals surface area contributed by atoms with Gasteiger partial charge in [0.2, 0.25) is 0 Å². The highest BCUT2D eigenvalue weighted by molar-refractivity contribution is 7.91. The summed E-state index contributed by atoms with van der Waals surface area (Å²) in [6.45, 7) is 0.953. The zero-order valence-corrected chi connectivity index (χ0v) is 11.4. The third-order valence-corrected chi connectivity index (χ3v) is 5.16.